The van der Waals surface area contributed by atoms with Crippen LogP contribution in [-0.4, -0.2) is 45.0 Å². The molecule has 3 aliphatic heterocycles. The van der Waals surface area contributed by atoms with Crippen LogP contribution >= 0.6 is 11.8 Å². The Bertz CT molecular complexity index is 354. The summed E-state index contributed by atoms with van der Waals surface area (Å²) in [7, 11) is 0. The molecule has 0 radical (unpaired) electrons. The summed E-state index contributed by atoms with van der Waals surface area (Å²) in [6.07, 6.45) is 4.63. The summed E-state index contributed by atoms with van der Waals surface area (Å²) in [5.41, 5.74) is 0. The molecular formula is C12H17NO3S. The minimum atomic E-state index is -0.728. The van der Waals surface area contributed by atoms with Crippen molar-refractivity contribution in [1.82, 2.24) is 4.90 Å². The number of thioether (sulfide) groups is 1. The molecule has 3 heterocycles. The number of fused-ring (bicyclic) bond motifs is 2. The lowest BCUT2D eigenvalue weighted by Gasteiger charge is -2.25. The van der Waals surface area contributed by atoms with E-state index in [0.717, 1.165) is 31.4 Å². The quantitative estimate of drug-likeness (QED) is 0.809. The van der Waals surface area contributed by atoms with Crippen LogP contribution in [0.2, 0.25) is 0 Å². The van der Waals surface area contributed by atoms with Gasteiger partial charge >= 0.3 is 5.97 Å². The normalized spacial score (nSPS) is 39.9. The van der Waals surface area contributed by atoms with E-state index in [-0.39, 0.29) is 29.2 Å². The maximum atomic E-state index is 12.4. The fraction of sp³-hybridized carbons (Fsp3) is 0.833. The molecule has 2 bridgehead atoms. The van der Waals surface area contributed by atoms with E-state index in [0.29, 0.717) is 6.42 Å². The molecular weight excluding hydrogens is 238 g/mol. The molecule has 0 aromatic heterocycles. The van der Waals surface area contributed by atoms with Gasteiger partial charge < -0.3 is 10.0 Å². The minimum Gasteiger partial charge on any atom is -0.481 e. The predicted molar refractivity (Wildman–Crippen MR) is 64.9 cm³/mol. The van der Waals surface area contributed by atoms with Crippen molar-refractivity contribution in [2.24, 2.45) is 5.92 Å². The van der Waals surface area contributed by atoms with Crippen LogP contribution in [0, 0.1) is 5.92 Å². The lowest BCUT2D eigenvalue weighted by atomic mass is 9.89. The van der Waals surface area contributed by atoms with Crippen LogP contribution in [0.25, 0.3) is 0 Å². The molecule has 1 N–H and O–H groups in total. The summed E-state index contributed by atoms with van der Waals surface area (Å²) >= 11 is 1.74. The van der Waals surface area contributed by atoms with E-state index in [2.05, 4.69) is 0 Å². The van der Waals surface area contributed by atoms with E-state index in [1.807, 2.05) is 4.90 Å². The maximum Gasteiger partial charge on any atom is 0.308 e. The van der Waals surface area contributed by atoms with Crippen molar-refractivity contribution in [2.45, 2.75) is 49.4 Å². The summed E-state index contributed by atoms with van der Waals surface area (Å²) in [6.45, 7) is 0. The van der Waals surface area contributed by atoms with Gasteiger partial charge in [0.2, 0.25) is 5.91 Å². The molecule has 3 saturated heterocycles. The average Bonchev–Trinajstić information content (AvgIpc) is 3.03. The summed E-state index contributed by atoms with van der Waals surface area (Å²) in [4.78, 5) is 25.4. The minimum absolute atomic E-state index is 0.0220. The van der Waals surface area contributed by atoms with Gasteiger partial charge in [-0.05, 0) is 37.9 Å². The van der Waals surface area contributed by atoms with Crippen molar-refractivity contribution in [3.05, 3.63) is 0 Å². The molecule has 94 valence electrons. The number of hydrogen-bond donors (Lipinski definition) is 1. The van der Waals surface area contributed by atoms with Crippen molar-refractivity contribution in [3.8, 4) is 0 Å². The lowest BCUT2D eigenvalue weighted by Crippen LogP contribution is -2.42. The molecule has 0 aromatic rings. The number of amides is 1. The monoisotopic (exact) mass is 255 g/mol. The van der Waals surface area contributed by atoms with Crippen LogP contribution in [-0.2, 0) is 9.59 Å². The number of nitrogens with zero attached hydrogens (tertiary/aromatic N) is 1. The zero-order valence-electron chi connectivity index (χ0n) is 9.67. The number of carbonyl (C=O) groups is 2. The molecule has 0 aliphatic carbocycles. The van der Waals surface area contributed by atoms with E-state index in [9.17, 15) is 9.59 Å². The van der Waals surface area contributed by atoms with Crippen LogP contribution in [0.4, 0.5) is 0 Å². The van der Waals surface area contributed by atoms with Crippen LogP contribution in [0.15, 0.2) is 0 Å². The first-order valence-corrected chi connectivity index (χ1v) is 7.40. The summed E-state index contributed by atoms with van der Waals surface area (Å²) in [5.74, 6) is 0.240. The highest BCUT2D eigenvalue weighted by Gasteiger charge is 2.52. The SMILES string of the molecule is O=C(O)C1CC2CCC1N2C(=O)C1CCCS1. The van der Waals surface area contributed by atoms with Gasteiger partial charge in [-0.2, -0.15) is 0 Å². The molecule has 4 nitrogen and oxygen atoms in total. The van der Waals surface area contributed by atoms with Crippen LogP contribution in [0.1, 0.15) is 32.1 Å². The molecule has 4 unspecified atom stereocenters. The zero-order chi connectivity index (χ0) is 12.0. The third-order valence-electron chi connectivity index (χ3n) is 4.31. The third kappa shape index (κ3) is 1.75. The van der Waals surface area contributed by atoms with Crippen molar-refractivity contribution < 1.29 is 14.7 Å². The second-order valence-electron chi connectivity index (χ2n) is 5.23. The molecule has 1 amide bonds. The molecule has 3 fully saturated rings. The van der Waals surface area contributed by atoms with Crippen molar-refractivity contribution in [1.29, 1.82) is 0 Å². The molecule has 0 spiro atoms. The smallest absolute Gasteiger partial charge is 0.308 e. The Hall–Kier alpha value is -0.710. The maximum absolute atomic E-state index is 12.4. The Kier molecular flexibility index (Phi) is 2.81. The third-order valence-corrected chi connectivity index (χ3v) is 5.68. The van der Waals surface area contributed by atoms with E-state index in [1.165, 1.54) is 0 Å². The molecule has 3 aliphatic rings. The zero-order valence-corrected chi connectivity index (χ0v) is 10.5. The number of carbonyl (C=O) groups excluding carboxylic acids is 1. The van der Waals surface area contributed by atoms with E-state index >= 15 is 0 Å². The Morgan fingerprint density at radius 1 is 1.24 bits per heavy atom. The molecule has 17 heavy (non-hydrogen) atoms. The van der Waals surface area contributed by atoms with Gasteiger partial charge in [-0.15, -0.1) is 11.8 Å². The standard InChI is InChI=1S/C12H17NO3S/c14-11(10-2-1-5-17-10)13-7-3-4-9(13)8(6-7)12(15)16/h7-10H,1-6H2,(H,15,16). The predicted octanol–water partition coefficient (Wildman–Crippen LogP) is 1.35. The van der Waals surface area contributed by atoms with Crippen LogP contribution in [0.3, 0.4) is 0 Å². The van der Waals surface area contributed by atoms with Gasteiger partial charge in [-0.25, -0.2) is 0 Å². The van der Waals surface area contributed by atoms with Crippen LogP contribution < -0.4 is 0 Å². The van der Waals surface area contributed by atoms with Gasteiger partial charge in [0.15, 0.2) is 0 Å². The first-order chi connectivity index (χ1) is 8.18. The van der Waals surface area contributed by atoms with Gasteiger partial charge in [0, 0.05) is 12.1 Å². The van der Waals surface area contributed by atoms with Gasteiger partial charge in [0.05, 0.1) is 11.2 Å². The molecule has 0 aromatic carbocycles. The van der Waals surface area contributed by atoms with E-state index < -0.39 is 5.97 Å². The Morgan fingerprint density at radius 3 is 2.65 bits per heavy atom. The highest BCUT2D eigenvalue weighted by Crippen LogP contribution is 2.43. The largest absolute Gasteiger partial charge is 0.481 e. The van der Waals surface area contributed by atoms with Crippen molar-refractivity contribution in [2.75, 3.05) is 5.75 Å². The highest BCUT2D eigenvalue weighted by atomic mass is 32.2. The van der Waals surface area contributed by atoms with E-state index in [4.69, 9.17) is 5.11 Å². The second kappa shape index (κ2) is 4.19. The highest BCUT2D eigenvalue weighted by molar-refractivity contribution is 8.00. The second-order valence-corrected chi connectivity index (χ2v) is 6.54. The summed E-state index contributed by atoms with van der Waals surface area (Å²) in [5, 5.41) is 9.26. The van der Waals surface area contributed by atoms with E-state index in [1.54, 1.807) is 11.8 Å². The Labute approximate surface area is 105 Å². The van der Waals surface area contributed by atoms with Gasteiger partial charge in [-0.1, -0.05) is 0 Å². The molecule has 3 rings (SSSR count). The van der Waals surface area contributed by atoms with Gasteiger partial charge in [0.25, 0.3) is 0 Å². The Morgan fingerprint density at radius 2 is 2.06 bits per heavy atom. The lowest BCUT2D eigenvalue weighted by molar-refractivity contribution is -0.143. The number of carboxylic acid groups (broad SMARTS) is 1. The van der Waals surface area contributed by atoms with Gasteiger partial charge in [-0.3, -0.25) is 9.59 Å². The first-order valence-electron chi connectivity index (χ1n) is 6.35. The van der Waals surface area contributed by atoms with Crippen molar-refractivity contribution in [3.63, 3.8) is 0 Å². The van der Waals surface area contributed by atoms with Crippen molar-refractivity contribution >= 4 is 23.6 Å². The molecule has 0 saturated carbocycles. The summed E-state index contributed by atoms with van der Waals surface area (Å²) in [6, 6.07) is 0.181. The van der Waals surface area contributed by atoms with Gasteiger partial charge in [0.1, 0.15) is 0 Å². The summed E-state index contributed by atoms with van der Waals surface area (Å²) < 4.78 is 0. The molecule has 5 heteroatoms. The number of aliphatic carboxylic acids is 1. The number of hydrogen-bond acceptors (Lipinski definition) is 3. The average molecular weight is 255 g/mol. The number of carboxylic acids is 1. The number of rotatable bonds is 2. The first kappa shape index (κ1) is 11.4. The fourth-order valence-corrected chi connectivity index (χ4v) is 4.75. The Balaban J connectivity index is 1.76. The van der Waals surface area contributed by atoms with Crippen LogP contribution in [0.5, 0.6) is 0 Å². The molecule has 4 atom stereocenters. The fourth-order valence-electron chi connectivity index (χ4n) is 3.54. The topological polar surface area (TPSA) is 57.6 Å².